The molecule has 0 radical (unpaired) electrons. The van der Waals surface area contributed by atoms with E-state index in [0.29, 0.717) is 62.1 Å². The smallest absolute Gasteiger partial charge is 0.326 e. The summed E-state index contributed by atoms with van der Waals surface area (Å²) >= 11 is 0. The SMILES string of the molecule is CC(=O)NCCC1(C(=O)NC(Cc2ccc(N3C(=O)[C@@H](Cc4ccccc4)N(C(=O)COc4ccccc4)C3CCc3ccccc3)cc2)C(=O)O)CCCC1. The third-order valence-corrected chi connectivity index (χ3v) is 11.0. The molecule has 1 saturated heterocycles. The zero-order valence-electron chi connectivity index (χ0n) is 31.8. The van der Waals surface area contributed by atoms with Crippen molar-refractivity contribution < 1.29 is 33.8 Å². The molecule has 11 nitrogen and oxygen atoms in total. The number of hydrogen-bond acceptors (Lipinski definition) is 6. The highest BCUT2D eigenvalue weighted by Gasteiger charge is 2.49. The molecule has 3 N–H and O–H groups in total. The van der Waals surface area contributed by atoms with E-state index in [0.717, 1.165) is 24.0 Å². The first-order chi connectivity index (χ1) is 27.1. The van der Waals surface area contributed by atoms with Gasteiger partial charge < -0.3 is 25.4 Å². The average Bonchev–Trinajstić information content (AvgIpc) is 3.80. The summed E-state index contributed by atoms with van der Waals surface area (Å²) in [6, 6.07) is 33.8. The lowest BCUT2D eigenvalue weighted by atomic mass is 9.81. The lowest BCUT2D eigenvalue weighted by molar-refractivity contribution is -0.144. The predicted octanol–water partition coefficient (Wildman–Crippen LogP) is 5.71. The minimum Gasteiger partial charge on any atom is -0.484 e. The van der Waals surface area contributed by atoms with Crippen LogP contribution in [0.25, 0.3) is 0 Å². The maximum Gasteiger partial charge on any atom is 0.326 e. The van der Waals surface area contributed by atoms with Crippen LogP contribution in [-0.2, 0) is 43.2 Å². The molecule has 4 aromatic carbocycles. The van der Waals surface area contributed by atoms with Crippen molar-refractivity contribution in [2.24, 2.45) is 5.41 Å². The van der Waals surface area contributed by atoms with E-state index in [9.17, 15) is 29.1 Å². The van der Waals surface area contributed by atoms with Gasteiger partial charge >= 0.3 is 5.97 Å². The molecule has 2 fully saturated rings. The third-order valence-electron chi connectivity index (χ3n) is 11.0. The lowest BCUT2D eigenvalue weighted by Gasteiger charge is -2.32. The number of aryl methyl sites for hydroxylation is 1. The number of carbonyl (C=O) groups is 5. The second-order valence-electron chi connectivity index (χ2n) is 14.8. The molecule has 0 aromatic heterocycles. The number of nitrogens with one attached hydrogen (secondary N) is 2. The first-order valence-corrected chi connectivity index (χ1v) is 19.4. The van der Waals surface area contributed by atoms with Crippen LogP contribution in [0.15, 0.2) is 115 Å². The summed E-state index contributed by atoms with van der Waals surface area (Å²) in [5, 5.41) is 15.7. The molecule has 0 spiro atoms. The molecule has 56 heavy (non-hydrogen) atoms. The molecule has 1 aliphatic carbocycles. The summed E-state index contributed by atoms with van der Waals surface area (Å²) in [5.41, 5.74) is 2.51. The Balaban J connectivity index is 1.25. The Morgan fingerprint density at radius 3 is 2.04 bits per heavy atom. The minimum absolute atomic E-state index is 0.0343. The number of amides is 4. The van der Waals surface area contributed by atoms with Gasteiger partial charge in [0.25, 0.3) is 11.8 Å². The molecule has 4 amide bonds. The number of anilines is 1. The van der Waals surface area contributed by atoms with Crippen LogP contribution in [0.3, 0.4) is 0 Å². The zero-order valence-corrected chi connectivity index (χ0v) is 31.8. The number of carbonyl (C=O) groups excluding carboxylic acids is 4. The highest BCUT2D eigenvalue weighted by atomic mass is 16.5. The van der Waals surface area contributed by atoms with Crippen molar-refractivity contribution in [1.29, 1.82) is 0 Å². The molecular formula is C45H50N4O7. The van der Waals surface area contributed by atoms with Crippen LogP contribution in [0.1, 0.15) is 62.1 Å². The summed E-state index contributed by atoms with van der Waals surface area (Å²) < 4.78 is 5.92. The molecule has 0 bridgehead atoms. The van der Waals surface area contributed by atoms with Crippen molar-refractivity contribution in [3.63, 3.8) is 0 Å². The molecule has 2 aliphatic rings. The number of ether oxygens (including phenoxy) is 1. The molecule has 1 saturated carbocycles. The Labute approximate surface area is 328 Å². The van der Waals surface area contributed by atoms with E-state index in [1.165, 1.54) is 6.92 Å². The van der Waals surface area contributed by atoms with Crippen LogP contribution in [-0.4, -0.2) is 71.0 Å². The van der Waals surface area contributed by atoms with E-state index in [1.807, 2.05) is 78.9 Å². The molecule has 1 heterocycles. The van der Waals surface area contributed by atoms with Gasteiger partial charge in [0, 0.05) is 32.0 Å². The maximum atomic E-state index is 14.6. The standard InChI is InChI=1S/C45H50N4O7/c1-32(50)46-28-27-45(25-11-12-26-45)44(55)47-38(43(53)54)29-35-19-22-36(23-20-35)48-40(24-21-33-13-5-2-6-14-33)49(41(51)31-56-37-17-9-4-10-18-37)39(42(48)52)30-34-15-7-3-8-16-34/h2-10,13-20,22-23,38-40H,11-12,21,24-31H2,1H3,(H,46,50)(H,47,55)(H,53,54)/t38?,39-,40?/m1/s1. The fourth-order valence-corrected chi connectivity index (χ4v) is 8.03. The predicted molar refractivity (Wildman–Crippen MR) is 213 cm³/mol. The third kappa shape index (κ3) is 9.82. The molecule has 6 rings (SSSR count). The van der Waals surface area contributed by atoms with Crippen molar-refractivity contribution in [3.8, 4) is 5.75 Å². The quantitative estimate of drug-likeness (QED) is 0.125. The van der Waals surface area contributed by atoms with Crippen molar-refractivity contribution in [3.05, 3.63) is 132 Å². The van der Waals surface area contributed by atoms with E-state index in [-0.39, 0.29) is 36.7 Å². The summed E-state index contributed by atoms with van der Waals surface area (Å²) in [7, 11) is 0. The molecular weight excluding hydrogens is 709 g/mol. The summed E-state index contributed by atoms with van der Waals surface area (Å²) in [6.45, 7) is 1.53. The lowest BCUT2D eigenvalue weighted by Crippen LogP contribution is -2.49. The average molecular weight is 759 g/mol. The normalized spacial score (nSPS) is 18.0. The fraction of sp³-hybridized carbons (Fsp3) is 0.356. The van der Waals surface area contributed by atoms with Gasteiger partial charge in [0.1, 0.15) is 24.0 Å². The molecule has 11 heteroatoms. The van der Waals surface area contributed by atoms with Gasteiger partial charge in [0.2, 0.25) is 11.8 Å². The number of carboxylic acid groups (broad SMARTS) is 1. The van der Waals surface area contributed by atoms with Gasteiger partial charge in [-0.25, -0.2) is 4.79 Å². The number of aliphatic carboxylic acids is 1. The molecule has 292 valence electrons. The number of hydrogen-bond donors (Lipinski definition) is 3. The molecule has 3 atom stereocenters. The Hall–Kier alpha value is -5.97. The Kier molecular flexibility index (Phi) is 13.2. The first kappa shape index (κ1) is 39.7. The summed E-state index contributed by atoms with van der Waals surface area (Å²) in [4.78, 5) is 69.7. The van der Waals surface area contributed by atoms with Gasteiger partial charge in [-0.05, 0) is 73.1 Å². The van der Waals surface area contributed by atoms with Crippen LogP contribution >= 0.6 is 0 Å². The van der Waals surface area contributed by atoms with Gasteiger partial charge in [0.05, 0.1) is 5.41 Å². The van der Waals surface area contributed by atoms with Crippen molar-refractivity contribution in [1.82, 2.24) is 15.5 Å². The summed E-state index contributed by atoms with van der Waals surface area (Å²) in [5.74, 6) is -1.60. The van der Waals surface area contributed by atoms with Gasteiger partial charge in [-0.1, -0.05) is 104 Å². The Bertz CT molecular complexity index is 1950. The Morgan fingerprint density at radius 1 is 0.821 bits per heavy atom. The van der Waals surface area contributed by atoms with E-state index in [2.05, 4.69) is 10.6 Å². The minimum atomic E-state index is -1.17. The van der Waals surface area contributed by atoms with Gasteiger partial charge in [-0.2, -0.15) is 0 Å². The zero-order chi connectivity index (χ0) is 39.5. The van der Waals surface area contributed by atoms with E-state index >= 15 is 0 Å². The van der Waals surface area contributed by atoms with Crippen LogP contribution in [0.5, 0.6) is 5.75 Å². The number of para-hydroxylation sites is 1. The Morgan fingerprint density at radius 2 is 1.43 bits per heavy atom. The first-order valence-electron chi connectivity index (χ1n) is 19.4. The van der Waals surface area contributed by atoms with Crippen molar-refractivity contribution in [2.75, 3.05) is 18.1 Å². The molecule has 2 unspecified atom stereocenters. The second kappa shape index (κ2) is 18.6. The van der Waals surface area contributed by atoms with Gasteiger partial charge in [0.15, 0.2) is 6.61 Å². The van der Waals surface area contributed by atoms with E-state index < -0.39 is 29.6 Å². The second-order valence-corrected chi connectivity index (χ2v) is 14.8. The van der Waals surface area contributed by atoms with Gasteiger partial charge in [-0.15, -0.1) is 0 Å². The fourth-order valence-electron chi connectivity index (χ4n) is 8.03. The largest absolute Gasteiger partial charge is 0.484 e. The topological polar surface area (TPSA) is 145 Å². The molecule has 1 aliphatic heterocycles. The highest BCUT2D eigenvalue weighted by Crippen LogP contribution is 2.41. The number of benzene rings is 4. The number of nitrogens with zero attached hydrogens (tertiary/aromatic N) is 2. The molecule has 4 aromatic rings. The van der Waals surface area contributed by atoms with Crippen molar-refractivity contribution in [2.45, 2.75) is 83.0 Å². The van der Waals surface area contributed by atoms with Crippen LogP contribution in [0, 0.1) is 5.41 Å². The van der Waals surface area contributed by atoms with Crippen LogP contribution in [0.2, 0.25) is 0 Å². The van der Waals surface area contributed by atoms with Crippen LogP contribution < -0.4 is 20.3 Å². The van der Waals surface area contributed by atoms with Crippen molar-refractivity contribution >= 4 is 35.3 Å². The monoisotopic (exact) mass is 758 g/mol. The van der Waals surface area contributed by atoms with E-state index in [1.54, 1.807) is 46.2 Å². The van der Waals surface area contributed by atoms with Gasteiger partial charge in [-0.3, -0.25) is 24.1 Å². The van der Waals surface area contributed by atoms with Crippen LogP contribution in [0.4, 0.5) is 5.69 Å². The highest BCUT2D eigenvalue weighted by molar-refractivity contribution is 6.03. The number of rotatable bonds is 17. The maximum absolute atomic E-state index is 14.6. The van der Waals surface area contributed by atoms with E-state index in [4.69, 9.17) is 4.74 Å². The summed E-state index contributed by atoms with van der Waals surface area (Å²) in [6.07, 6.45) is 4.25. The number of carboxylic acids is 1.